The summed E-state index contributed by atoms with van der Waals surface area (Å²) < 4.78 is 27.6. The van der Waals surface area contributed by atoms with Gasteiger partial charge in [0.05, 0.1) is 6.20 Å². The first-order valence-corrected chi connectivity index (χ1v) is 5.91. The van der Waals surface area contributed by atoms with Crippen LogP contribution in [0.15, 0.2) is 33.9 Å². The zero-order valence-electron chi connectivity index (χ0n) is 8.40. The van der Waals surface area contributed by atoms with E-state index in [9.17, 15) is 13.2 Å². The monoisotopic (exact) mass is 256 g/mol. The van der Waals surface area contributed by atoms with E-state index in [2.05, 4.69) is 5.10 Å². The lowest BCUT2D eigenvalue weighted by Crippen LogP contribution is -2.15. The van der Waals surface area contributed by atoms with E-state index in [0.717, 1.165) is 10.7 Å². The molecule has 0 saturated carbocycles. The Hall–Kier alpha value is -2.13. The van der Waals surface area contributed by atoms with E-state index in [0.29, 0.717) is 0 Å². The summed E-state index contributed by atoms with van der Waals surface area (Å²) in [5.74, 6) is -0.782. The summed E-state index contributed by atoms with van der Waals surface area (Å²) in [6.45, 7) is 0. The second-order valence-corrected chi connectivity index (χ2v) is 4.63. The third-order valence-corrected chi connectivity index (χ3v) is 2.72. The fourth-order valence-corrected chi connectivity index (χ4v) is 1.64. The summed E-state index contributed by atoms with van der Waals surface area (Å²) in [4.78, 5) is 11.8. The Morgan fingerprint density at radius 3 is 2.53 bits per heavy atom. The van der Waals surface area contributed by atoms with Gasteiger partial charge in [-0.25, -0.2) is 13.6 Å². The lowest BCUT2D eigenvalue weighted by Gasteiger charge is -1.98. The quantitative estimate of drug-likeness (QED) is 0.736. The fraction of sp³-hybridized carbons (Fsp3) is 0. The van der Waals surface area contributed by atoms with Crippen molar-refractivity contribution in [1.82, 2.24) is 9.78 Å². The van der Waals surface area contributed by atoms with E-state index < -0.39 is 21.0 Å². The number of anilines is 1. The first-order chi connectivity index (χ1) is 7.89. The molecule has 0 aliphatic heterocycles. The molecule has 0 radical (unpaired) electrons. The van der Waals surface area contributed by atoms with Crippen molar-refractivity contribution >= 4 is 21.7 Å². The summed E-state index contributed by atoms with van der Waals surface area (Å²) >= 11 is 0. The third-order valence-electron chi connectivity index (χ3n) is 1.94. The van der Waals surface area contributed by atoms with Crippen LogP contribution in [0.25, 0.3) is 0 Å². The molecule has 4 N–H and O–H groups in total. The standard InChI is InChI=1S/C8H8N4O4S/c9-6-3-4-11-12(6)8(13)5-1-2-7(16-5)17(10,14)15/h1-4H,9H2,(H2,10,14,15). The lowest BCUT2D eigenvalue weighted by atomic mass is 10.4. The smallest absolute Gasteiger partial charge is 0.315 e. The molecule has 0 fully saturated rings. The SMILES string of the molecule is Nc1ccnn1C(=O)c1ccc(S(N)(=O)=O)o1. The molecule has 0 aromatic carbocycles. The molecule has 9 heteroatoms. The largest absolute Gasteiger partial charge is 0.438 e. The van der Waals surface area contributed by atoms with Crippen LogP contribution in [0.4, 0.5) is 5.82 Å². The van der Waals surface area contributed by atoms with Gasteiger partial charge in [-0.15, -0.1) is 0 Å². The van der Waals surface area contributed by atoms with Crippen molar-refractivity contribution < 1.29 is 17.6 Å². The molecule has 17 heavy (non-hydrogen) atoms. The zero-order chi connectivity index (χ0) is 12.6. The van der Waals surface area contributed by atoms with Crippen LogP contribution >= 0.6 is 0 Å². The normalized spacial score (nSPS) is 11.6. The molecule has 2 rings (SSSR count). The van der Waals surface area contributed by atoms with E-state index in [1.54, 1.807) is 0 Å². The summed E-state index contributed by atoms with van der Waals surface area (Å²) in [5, 5.41) is 8.01. The third kappa shape index (κ3) is 2.05. The topological polar surface area (TPSA) is 134 Å². The van der Waals surface area contributed by atoms with Crippen molar-refractivity contribution in [3.8, 4) is 0 Å². The van der Waals surface area contributed by atoms with Crippen LogP contribution in [-0.4, -0.2) is 24.1 Å². The number of furan rings is 1. The summed E-state index contributed by atoms with van der Waals surface area (Å²) in [5.41, 5.74) is 5.47. The van der Waals surface area contributed by atoms with E-state index in [4.69, 9.17) is 15.3 Å². The van der Waals surface area contributed by atoms with Crippen LogP contribution < -0.4 is 10.9 Å². The molecule has 0 aliphatic carbocycles. The van der Waals surface area contributed by atoms with E-state index in [-0.39, 0.29) is 11.6 Å². The van der Waals surface area contributed by atoms with Crippen LogP contribution in [0.3, 0.4) is 0 Å². The van der Waals surface area contributed by atoms with Crippen LogP contribution in [0.5, 0.6) is 0 Å². The maximum Gasteiger partial charge on any atom is 0.315 e. The van der Waals surface area contributed by atoms with Crippen LogP contribution in [0.2, 0.25) is 0 Å². The molecule has 0 spiro atoms. The van der Waals surface area contributed by atoms with Gasteiger partial charge in [-0.1, -0.05) is 0 Å². The number of nitrogens with two attached hydrogens (primary N) is 2. The van der Waals surface area contributed by atoms with E-state index in [1.165, 1.54) is 18.3 Å². The number of rotatable bonds is 2. The summed E-state index contributed by atoms with van der Waals surface area (Å²) in [6, 6.07) is 3.69. The van der Waals surface area contributed by atoms with Crippen LogP contribution in [0, 0.1) is 0 Å². The number of primary sulfonamides is 1. The number of nitrogens with zero attached hydrogens (tertiary/aromatic N) is 2. The van der Waals surface area contributed by atoms with Crippen LogP contribution in [-0.2, 0) is 10.0 Å². The van der Waals surface area contributed by atoms with Crippen molar-refractivity contribution in [2.24, 2.45) is 5.14 Å². The fourth-order valence-electron chi connectivity index (χ4n) is 1.18. The molecule has 2 aromatic rings. The van der Waals surface area contributed by atoms with E-state index in [1.807, 2.05) is 0 Å². The van der Waals surface area contributed by atoms with Gasteiger partial charge in [0, 0.05) is 6.07 Å². The highest BCUT2D eigenvalue weighted by atomic mass is 32.2. The minimum absolute atomic E-state index is 0.114. The number of hydrogen-bond donors (Lipinski definition) is 2. The van der Waals surface area contributed by atoms with Gasteiger partial charge in [0.1, 0.15) is 5.82 Å². The van der Waals surface area contributed by atoms with Crippen LogP contribution in [0.1, 0.15) is 10.6 Å². The van der Waals surface area contributed by atoms with Gasteiger partial charge >= 0.3 is 5.91 Å². The Morgan fingerprint density at radius 1 is 1.35 bits per heavy atom. The highest BCUT2D eigenvalue weighted by Gasteiger charge is 2.20. The molecular weight excluding hydrogens is 248 g/mol. The predicted molar refractivity (Wildman–Crippen MR) is 56.4 cm³/mol. The van der Waals surface area contributed by atoms with Crippen molar-refractivity contribution in [2.75, 3.05) is 5.73 Å². The van der Waals surface area contributed by atoms with Crippen molar-refractivity contribution in [1.29, 1.82) is 0 Å². The van der Waals surface area contributed by atoms with Gasteiger partial charge in [0.25, 0.3) is 10.0 Å². The minimum atomic E-state index is -3.97. The average Bonchev–Trinajstić information content (AvgIpc) is 2.83. The second kappa shape index (κ2) is 3.71. The summed E-state index contributed by atoms with van der Waals surface area (Å²) in [6.07, 6.45) is 1.33. The van der Waals surface area contributed by atoms with Gasteiger partial charge in [0.15, 0.2) is 5.76 Å². The average molecular weight is 256 g/mol. The molecule has 0 atom stereocenters. The molecule has 0 bridgehead atoms. The van der Waals surface area contributed by atoms with Gasteiger partial charge in [-0.2, -0.15) is 9.78 Å². The number of aromatic nitrogens is 2. The first kappa shape index (κ1) is 11.4. The Kier molecular flexibility index (Phi) is 2.48. The molecule has 2 heterocycles. The first-order valence-electron chi connectivity index (χ1n) is 4.36. The highest BCUT2D eigenvalue weighted by Crippen LogP contribution is 2.14. The molecule has 0 aliphatic rings. The van der Waals surface area contributed by atoms with Crippen molar-refractivity contribution in [3.05, 3.63) is 30.2 Å². The van der Waals surface area contributed by atoms with Crippen molar-refractivity contribution in [2.45, 2.75) is 5.09 Å². The van der Waals surface area contributed by atoms with Gasteiger partial charge < -0.3 is 10.2 Å². The Morgan fingerprint density at radius 2 is 2.06 bits per heavy atom. The van der Waals surface area contributed by atoms with Crippen molar-refractivity contribution in [3.63, 3.8) is 0 Å². The number of nitrogen functional groups attached to an aromatic ring is 1. The number of hydrogen-bond acceptors (Lipinski definition) is 6. The zero-order valence-corrected chi connectivity index (χ0v) is 9.22. The molecule has 0 unspecified atom stereocenters. The Bertz CT molecular complexity index is 669. The minimum Gasteiger partial charge on any atom is -0.438 e. The van der Waals surface area contributed by atoms with E-state index >= 15 is 0 Å². The maximum absolute atomic E-state index is 11.8. The predicted octanol–water partition coefficient (Wildman–Crippen LogP) is -0.606. The molecule has 0 saturated heterocycles. The maximum atomic E-state index is 11.8. The second-order valence-electron chi connectivity index (χ2n) is 3.14. The lowest BCUT2D eigenvalue weighted by molar-refractivity contribution is 0.0915. The highest BCUT2D eigenvalue weighted by molar-refractivity contribution is 7.89. The van der Waals surface area contributed by atoms with Gasteiger partial charge in [-0.3, -0.25) is 4.79 Å². The Labute approximate surface area is 95.9 Å². The molecule has 90 valence electrons. The van der Waals surface area contributed by atoms with Gasteiger partial charge in [-0.05, 0) is 12.1 Å². The number of sulfonamides is 1. The molecular formula is C8H8N4O4S. The Balaban J connectivity index is 2.40. The summed E-state index contributed by atoms with van der Waals surface area (Å²) in [7, 11) is -3.97. The number of carbonyl (C=O) groups excluding carboxylic acids is 1. The number of carbonyl (C=O) groups is 1. The van der Waals surface area contributed by atoms with Gasteiger partial charge in [0.2, 0.25) is 5.09 Å². The molecule has 0 amide bonds. The molecule has 8 nitrogen and oxygen atoms in total. The molecule has 2 aromatic heterocycles.